The van der Waals surface area contributed by atoms with Gasteiger partial charge in [-0.05, 0) is 18.4 Å². The topological polar surface area (TPSA) is 49.9 Å². The Hall–Kier alpha value is -1.88. The van der Waals surface area contributed by atoms with Gasteiger partial charge in [0.15, 0.2) is 0 Å². The molecule has 5 heteroatoms. The van der Waals surface area contributed by atoms with E-state index < -0.39 is 0 Å². The van der Waals surface area contributed by atoms with Crippen LogP contribution in [0.5, 0.6) is 0 Å². The van der Waals surface area contributed by atoms with Gasteiger partial charge in [0, 0.05) is 45.4 Å². The van der Waals surface area contributed by atoms with Crippen LogP contribution in [-0.4, -0.2) is 60.5 Å². The molecule has 2 heterocycles. The SMILES string of the molecule is O=C1CCCCCN1CCC(=O)N1CCO[C@@H](Cc2ccccc2)C1. The third-order valence-corrected chi connectivity index (χ3v) is 5.06. The second-order valence-electron chi connectivity index (χ2n) is 6.96. The quantitative estimate of drug-likeness (QED) is 0.823. The maximum absolute atomic E-state index is 12.6. The molecule has 5 nitrogen and oxygen atoms in total. The Bertz CT molecular complexity index is 576. The second kappa shape index (κ2) is 8.99. The van der Waals surface area contributed by atoms with Crippen molar-refractivity contribution in [3.8, 4) is 0 Å². The lowest BCUT2D eigenvalue weighted by molar-refractivity contribution is -0.140. The molecule has 0 saturated carbocycles. The van der Waals surface area contributed by atoms with Crippen molar-refractivity contribution in [3.63, 3.8) is 0 Å². The molecule has 3 rings (SSSR count). The number of carbonyl (C=O) groups is 2. The van der Waals surface area contributed by atoms with E-state index in [4.69, 9.17) is 4.74 Å². The second-order valence-corrected chi connectivity index (χ2v) is 6.96. The number of carbonyl (C=O) groups excluding carboxylic acids is 2. The van der Waals surface area contributed by atoms with Gasteiger partial charge in [-0.25, -0.2) is 0 Å². The number of amides is 2. The van der Waals surface area contributed by atoms with Crippen LogP contribution in [0.3, 0.4) is 0 Å². The van der Waals surface area contributed by atoms with Crippen LogP contribution in [0.2, 0.25) is 0 Å². The fourth-order valence-corrected chi connectivity index (χ4v) is 3.61. The van der Waals surface area contributed by atoms with Crippen LogP contribution in [0.15, 0.2) is 30.3 Å². The molecule has 2 aliphatic heterocycles. The highest BCUT2D eigenvalue weighted by Crippen LogP contribution is 2.14. The summed E-state index contributed by atoms with van der Waals surface area (Å²) in [6, 6.07) is 10.2. The molecule has 0 N–H and O–H groups in total. The molecule has 0 unspecified atom stereocenters. The van der Waals surface area contributed by atoms with Crippen molar-refractivity contribution in [1.29, 1.82) is 0 Å². The number of hydrogen-bond acceptors (Lipinski definition) is 3. The predicted molar refractivity (Wildman–Crippen MR) is 96.1 cm³/mol. The fraction of sp³-hybridized carbons (Fsp3) is 0.600. The van der Waals surface area contributed by atoms with Crippen LogP contribution in [0.25, 0.3) is 0 Å². The minimum atomic E-state index is 0.0555. The molecular formula is C20H28N2O3. The molecule has 136 valence electrons. The van der Waals surface area contributed by atoms with Gasteiger partial charge in [-0.2, -0.15) is 0 Å². The number of ether oxygens (including phenoxy) is 1. The van der Waals surface area contributed by atoms with Crippen LogP contribution in [0, 0.1) is 0 Å². The number of morpholine rings is 1. The monoisotopic (exact) mass is 344 g/mol. The van der Waals surface area contributed by atoms with Crippen molar-refractivity contribution < 1.29 is 14.3 Å². The lowest BCUT2D eigenvalue weighted by Gasteiger charge is -2.33. The van der Waals surface area contributed by atoms with Crippen LogP contribution in [0.1, 0.15) is 37.7 Å². The molecule has 0 radical (unpaired) electrons. The Labute approximate surface area is 149 Å². The first-order valence-corrected chi connectivity index (χ1v) is 9.43. The van der Waals surface area contributed by atoms with Crippen LogP contribution in [-0.2, 0) is 20.7 Å². The molecule has 2 fully saturated rings. The van der Waals surface area contributed by atoms with E-state index in [9.17, 15) is 9.59 Å². The number of rotatable bonds is 5. The third kappa shape index (κ3) is 5.30. The van der Waals surface area contributed by atoms with Gasteiger partial charge in [0.25, 0.3) is 0 Å². The van der Waals surface area contributed by atoms with Gasteiger partial charge in [0.1, 0.15) is 0 Å². The van der Waals surface area contributed by atoms with E-state index in [1.807, 2.05) is 28.0 Å². The normalized spacial score (nSPS) is 21.9. The van der Waals surface area contributed by atoms with Gasteiger partial charge in [0.2, 0.25) is 11.8 Å². The summed E-state index contributed by atoms with van der Waals surface area (Å²) in [4.78, 5) is 28.4. The van der Waals surface area contributed by atoms with Gasteiger partial charge < -0.3 is 14.5 Å². The van der Waals surface area contributed by atoms with Crippen molar-refractivity contribution >= 4 is 11.8 Å². The average Bonchev–Trinajstić information content (AvgIpc) is 2.85. The van der Waals surface area contributed by atoms with E-state index in [0.717, 1.165) is 32.2 Å². The number of likely N-dealkylation sites (tertiary alicyclic amines) is 1. The van der Waals surface area contributed by atoms with E-state index in [0.29, 0.717) is 39.1 Å². The first-order valence-electron chi connectivity index (χ1n) is 9.43. The smallest absolute Gasteiger partial charge is 0.224 e. The molecule has 0 bridgehead atoms. The average molecular weight is 344 g/mol. The van der Waals surface area contributed by atoms with Crippen molar-refractivity contribution in [2.45, 2.75) is 44.6 Å². The first kappa shape index (κ1) is 17.9. The predicted octanol–water partition coefficient (Wildman–Crippen LogP) is 2.25. The number of nitrogens with zero attached hydrogens (tertiary/aromatic N) is 2. The number of hydrogen-bond donors (Lipinski definition) is 0. The van der Waals surface area contributed by atoms with Gasteiger partial charge in [-0.1, -0.05) is 36.8 Å². The van der Waals surface area contributed by atoms with E-state index in [1.54, 1.807) is 0 Å². The van der Waals surface area contributed by atoms with Crippen LogP contribution >= 0.6 is 0 Å². The Morgan fingerprint density at radius 3 is 2.80 bits per heavy atom. The molecule has 1 aromatic carbocycles. The molecule has 0 aromatic heterocycles. The summed E-state index contributed by atoms with van der Waals surface area (Å²) in [7, 11) is 0. The Balaban J connectivity index is 1.47. The summed E-state index contributed by atoms with van der Waals surface area (Å²) in [6.07, 6.45) is 5.08. The highest BCUT2D eigenvalue weighted by atomic mass is 16.5. The minimum Gasteiger partial charge on any atom is -0.374 e. The standard InChI is InChI=1S/C20H28N2O3/c23-19-9-5-2-6-11-21(19)12-10-20(24)22-13-14-25-18(16-22)15-17-7-3-1-4-8-17/h1,3-4,7-8,18H,2,5-6,9-16H2/t18-/m0/s1. The maximum atomic E-state index is 12.6. The summed E-state index contributed by atoms with van der Waals surface area (Å²) < 4.78 is 5.83. The first-order chi connectivity index (χ1) is 12.2. The van der Waals surface area contributed by atoms with Crippen LogP contribution in [0.4, 0.5) is 0 Å². The summed E-state index contributed by atoms with van der Waals surface area (Å²) >= 11 is 0. The summed E-state index contributed by atoms with van der Waals surface area (Å²) in [5.74, 6) is 0.340. The third-order valence-electron chi connectivity index (χ3n) is 5.06. The van der Waals surface area contributed by atoms with Crippen molar-refractivity contribution in [2.24, 2.45) is 0 Å². The van der Waals surface area contributed by atoms with Gasteiger partial charge in [-0.3, -0.25) is 9.59 Å². The van der Waals surface area contributed by atoms with Crippen molar-refractivity contribution in [3.05, 3.63) is 35.9 Å². The lowest BCUT2D eigenvalue weighted by atomic mass is 10.1. The van der Waals surface area contributed by atoms with Gasteiger partial charge in [-0.15, -0.1) is 0 Å². The highest BCUT2D eigenvalue weighted by Gasteiger charge is 2.25. The van der Waals surface area contributed by atoms with E-state index in [1.165, 1.54) is 5.56 Å². The molecular weight excluding hydrogens is 316 g/mol. The molecule has 2 aliphatic rings. The van der Waals surface area contributed by atoms with Gasteiger partial charge in [0.05, 0.1) is 12.7 Å². The van der Waals surface area contributed by atoms with Crippen molar-refractivity contribution in [1.82, 2.24) is 9.80 Å². The molecule has 2 saturated heterocycles. The molecule has 1 atom stereocenters. The number of benzene rings is 1. The summed E-state index contributed by atoms with van der Waals surface area (Å²) in [6.45, 7) is 3.23. The highest BCUT2D eigenvalue weighted by molar-refractivity contribution is 5.79. The molecule has 0 spiro atoms. The van der Waals surface area contributed by atoms with Crippen LogP contribution < -0.4 is 0 Å². The Morgan fingerprint density at radius 1 is 1.12 bits per heavy atom. The lowest BCUT2D eigenvalue weighted by Crippen LogP contribution is -2.47. The largest absolute Gasteiger partial charge is 0.374 e. The maximum Gasteiger partial charge on any atom is 0.224 e. The van der Waals surface area contributed by atoms with E-state index in [-0.39, 0.29) is 17.9 Å². The Morgan fingerprint density at radius 2 is 1.96 bits per heavy atom. The van der Waals surface area contributed by atoms with Gasteiger partial charge >= 0.3 is 0 Å². The zero-order valence-corrected chi connectivity index (χ0v) is 14.9. The zero-order valence-electron chi connectivity index (χ0n) is 14.9. The van der Waals surface area contributed by atoms with E-state index in [2.05, 4.69) is 12.1 Å². The fourth-order valence-electron chi connectivity index (χ4n) is 3.61. The minimum absolute atomic E-state index is 0.0555. The molecule has 0 aliphatic carbocycles. The molecule has 25 heavy (non-hydrogen) atoms. The summed E-state index contributed by atoms with van der Waals surface area (Å²) in [5.41, 5.74) is 1.23. The zero-order chi connectivity index (χ0) is 17.5. The Kier molecular flexibility index (Phi) is 6.45. The van der Waals surface area contributed by atoms with E-state index >= 15 is 0 Å². The molecule has 1 aromatic rings. The molecule has 2 amide bonds. The summed E-state index contributed by atoms with van der Waals surface area (Å²) in [5, 5.41) is 0. The van der Waals surface area contributed by atoms with Crippen molar-refractivity contribution in [2.75, 3.05) is 32.8 Å².